The number of rotatable bonds is 9. The number of aromatic nitrogens is 2. The van der Waals surface area contributed by atoms with Gasteiger partial charge in [0.1, 0.15) is 17.3 Å². The Bertz CT molecular complexity index is 748. The van der Waals surface area contributed by atoms with Gasteiger partial charge in [0.2, 0.25) is 0 Å². The summed E-state index contributed by atoms with van der Waals surface area (Å²) in [6, 6.07) is 5.87. The van der Waals surface area contributed by atoms with Gasteiger partial charge in [-0.2, -0.15) is 0 Å². The van der Waals surface area contributed by atoms with Crippen molar-refractivity contribution in [3.63, 3.8) is 0 Å². The number of nitrogens with zero attached hydrogens (tertiary/aromatic N) is 4. The highest BCUT2D eigenvalue weighted by Crippen LogP contribution is 2.25. The van der Waals surface area contributed by atoms with Crippen LogP contribution in [0.3, 0.4) is 0 Å². The second-order valence-electron chi connectivity index (χ2n) is 6.38. The van der Waals surface area contributed by atoms with Gasteiger partial charge in [0, 0.05) is 57.8 Å². The molecule has 0 bridgehead atoms. The van der Waals surface area contributed by atoms with Crippen molar-refractivity contribution in [3.05, 3.63) is 42.0 Å². The fourth-order valence-electron chi connectivity index (χ4n) is 2.94. The maximum absolute atomic E-state index is 5.49. The van der Waals surface area contributed by atoms with Crippen molar-refractivity contribution < 1.29 is 9.47 Å². The number of nitrogens with one attached hydrogen (secondary N) is 1. The van der Waals surface area contributed by atoms with E-state index in [9.17, 15) is 0 Å². The summed E-state index contributed by atoms with van der Waals surface area (Å²) in [6.45, 7) is 4.60. The van der Waals surface area contributed by atoms with Crippen molar-refractivity contribution in [1.82, 2.24) is 19.8 Å². The van der Waals surface area contributed by atoms with Crippen LogP contribution in [0.2, 0.25) is 0 Å². The molecule has 0 aliphatic carbocycles. The van der Waals surface area contributed by atoms with Crippen LogP contribution in [0.25, 0.3) is 0 Å². The van der Waals surface area contributed by atoms with Crippen LogP contribution in [0.1, 0.15) is 24.2 Å². The Morgan fingerprint density at radius 3 is 2.64 bits per heavy atom. The molecule has 7 nitrogen and oxygen atoms in total. The van der Waals surface area contributed by atoms with E-state index in [0.29, 0.717) is 6.54 Å². The van der Waals surface area contributed by atoms with Gasteiger partial charge >= 0.3 is 0 Å². The van der Waals surface area contributed by atoms with Gasteiger partial charge in [-0.25, -0.2) is 4.98 Å². The van der Waals surface area contributed by atoms with Crippen LogP contribution in [0.5, 0.6) is 11.5 Å². The van der Waals surface area contributed by atoms with E-state index in [0.717, 1.165) is 54.8 Å². The summed E-state index contributed by atoms with van der Waals surface area (Å²) in [5, 5.41) is 3.43. The molecule has 1 N–H and O–H groups in total. The SMILES string of the molecule is CN=C(NCCCCn1ccnc1C)N(C)Cc1ccc(OC)cc1OC.I. The third-order valence-corrected chi connectivity index (χ3v) is 4.51. The molecule has 0 atom stereocenters. The molecule has 0 saturated carbocycles. The summed E-state index contributed by atoms with van der Waals surface area (Å²) < 4.78 is 12.9. The Labute approximate surface area is 185 Å². The number of aliphatic imine (C=N–C) groups is 1. The number of imidazole rings is 1. The molecule has 28 heavy (non-hydrogen) atoms. The summed E-state index contributed by atoms with van der Waals surface area (Å²) in [7, 11) is 7.15. The summed E-state index contributed by atoms with van der Waals surface area (Å²) >= 11 is 0. The standard InChI is InChI=1S/C20H31N5O2.HI/c1-16-22-11-13-25(16)12-7-6-10-23-20(21-2)24(3)15-17-8-9-18(26-4)14-19(17)27-5;/h8-9,11,13-14H,6-7,10,12,15H2,1-5H3,(H,21,23);1H. The zero-order valence-electron chi connectivity index (χ0n) is 17.4. The van der Waals surface area contributed by atoms with Crippen molar-refractivity contribution in [3.8, 4) is 11.5 Å². The maximum atomic E-state index is 5.49. The molecular formula is C20H32IN5O2. The van der Waals surface area contributed by atoms with E-state index in [-0.39, 0.29) is 24.0 Å². The molecule has 0 aliphatic rings. The lowest BCUT2D eigenvalue weighted by atomic mass is 10.2. The molecule has 0 amide bonds. The van der Waals surface area contributed by atoms with E-state index in [1.54, 1.807) is 21.3 Å². The molecule has 0 spiro atoms. The Balaban J connectivity index is 0.00000392. The molecule has 2 rings (SSSR count). The van der Waals surface area contributed by atoms with Crippen molar-refractivity contribution >= 4 is 29.9 Å². The number of methoxy groups -OCH3 is 2. The number of guanidine groups is 1. The predicted octanol–water partition coefficient (Wildman–Crippen LogP) is 3.31. The fraction of sp³-hybridized carbons (Fsp3) is 0.500. The molecular weight excluding hydrogens is 469 g/mol. The Morgan fingerprint density at radius 1 is 1.25 bits per heavy atom. The lowest BCUT2D eigenvalue weighted by molar-refractivity contribution is 0.382. The van der Waals surface area contributed by atoms with E-state index >= 15 is 0 Å². The maximum Gasteiger partial charge on any atom is 0.193 e. The quantitative estimate of drug-likeness (QED) is 0.247. The smallest absolute Gasteiger partial charge is 0.193 e. The number of halogens is 1. The molecule has 2 aromatic rings. The van der Waals surface area contributed by atoms with Crippen molar-refractivity contribution in [2.45, 2.75) is 32.9 Å². The van der Waals surface area contributed by atoms with Crippen LogP contribution in [0, 0.1) is 6.92 Å². The average molecular weight is 501 g/mol. The van der Waals surface area contributed by atoms with Gasteiger partial charge in [-0.05, 0) is 31.9 Å². The number of aryl methyl sites for hydroxylation is 2. The molecule has 1 heterocycles. The number of hydrogen-bond donors (Lipinski definition) is 1. The minimum absolute atomic E-state index is 0. The molecule has 8 heteroatoms. The van der Waals surface area contributed by atoms with Gasteiger partial charge < -0.3 is 24.3 Å². The molecule has 156 valence electrons. The van der Waals surface area contributed by atoms with Crippen LogP contribution < -0.4 is 14.8 Å². The van der Waals surface area contributed by atoms with Crippen LogP contribution >= 0.6 is 24.0 Å². The first-order valence-corrected chi connectivity index (χ1v) is 9.19. The normalized spacial score (nSPS) is 11.0. The number of benzene rings is 1. The van der Waals surface area contributed by atoms with Gasteiger partial charge in [0.05, 0.1) is 14.2 Å². The molecule has 0 saturated heterocycles. The molecule has 0 radical (unpaired) electrons. The molecule has 1 aromatic heterocycles. The number of ether oxygens (including phenoxy) is 2. The first-order chi connectivity index (χ1) is 13.1. The molecule has 0 fully saturated rings. The summed E-state index contributed by atoms with van der Waals surface area (Å²) in [4.78, 5) is 10.7. The van der Waals surface area contributed by atoms with Gasteiger partial charge in [0.15, 0.2) is 5.96 Å². The van der Waals surface area contributed by atoms with Crippen LogP contribution in [0.15, 0.2) is 35.6 Å². The minimum Gasteiger partial charge on any atom is -0.497 e. The Kier molecular flexibility index (Phi) is 10.7. The van der Waals surface area contributed by atoms with Crippen LogP contribution in [0.4, 0.5) is 0 Å². The van der Waals surface area contributed by atoms with Crippen molar-refractivity contribution in [1.29, 1.82) is 0 Å². The Morgan fingerprint density at radius 2 is 2.04 bits per heavy atom. The lowest BCUT2D eigenvalue weighted by Crippen LogP contribution is -2.39. The third kappa shape index (κ3) is 6.88. The van der Waals surface area contributed by atoms with Crippen LogP contribution in [-0.4, -0.2) is 55.3 Å². The zero-order valence-corrected chi connectivity index (χ0v) is 19.8. The number of hydrogen-bond acceptors (Lipinski definition) is 4. The van der Waals surface area contributed by atoms with E-state index < -0.39 is 0 Å². The minimum atomic E-state index is 0. The third-order valence-electron chi connectivity index (χ3n) is 4.51. The Hall–Kier alpha value is -1.97. The second kappa shape index (κ2) is 12.5. The van der Waals surface area contributed by atoms with Gasteiger partial charge in [0.25, 0.3) is 0 Å². The lowest BCUT2D eigenvalue weighted by Gasteiger charge is -2.23. The van der Waals surface area contributed by atoms with E-state index in [1.807, 2.05) is 44.6 Å². The molecule has 0 aliphatic heterocycles. The number of unbranched alkanes of at least 4 members (excludes halogenated alkanes) is 1. The summed E-state index contributed by atoms with van der Waals surface area (Å²) in [5.74, 6) is 3.53. The van der Waals surface area contributed by atoms with E-state index in [2.05, 4.69) is 24.8 Å². The highest BCUT2D eigenvalue weighted by Gasteiger charge is 2.11. The van der Waals surface area contributed by atoms with Gasteiger partial charge in [-0.3, -0.25) is 4.99 Å². The highest BCUT2D eigenvalue weighted by molar-refractivity contribution is 14.0. The van der Waals surface area contributed by atoms with Crippen LogP contribution in [-0.2, 0) is 13.1 Å². The zero-order chi connectivity index (χ0) is 19.6. The second-order valence-corrected chi connectivity index (χ2v) is 6.38. The summed E-state index contributed by atoms with van der Waals surface area (Å²) in [5.41, 5.74) is 1.08. The molecule has 1 aromatic carbocycles. The fourth-order valence-corrected chi connectivity index (χ4v) is 2.94. The topological polar surface area (TPSA) is 63.9 Å². The first-order valence-electron chi connectivity index (χ1n) is 9.19. The van der Waals surface area contributed by atoms with E-state index in [1.165, 1.54) is 0 Å². The monoisotopic (exact) mass is 501 g/mol. The van der Waals surface area contributed by atoms with Crippen molar-refractivity contribution in [2.24, 2.45) is 4.99 Å². The summed E-state index contributed by atoms with van der Waals surface area (Å²) in [6.07, 6.45) is 6.03. The largest absolute Gasteiger partial charge is 0.497 e. The van der Waals surface area contributed by atoms with Crippen molar-refractivity contribution in [2.75, 3.05) is 34.9 Å². The predicted molar refractivity (Wildman–Crippen MR) is 124 cm³/mol. The first kappa shape index (κ1) is 24.1. The average Bonchev–Trinajstić information content (AvgIpc) is 3.09. The molecule has 0 unspecified atom stereocenters. The van der Waals surface area contributed by atoms with Gasteiger partial charge in [-0.15, -0.1) is 24.0 Å². The van der Waals surface area contributed by atoms with Gasteiger partial charge in [-0.1, -0.05) is 0 Å². The highest BCUT2D eigenvalue weighted by atomic mass is 127. The van der Waals surface area contributed by atoms with E-state index in [4.69, 9.17) is 9.47 Å².